The molecular weight excluding hydrogens is 308 g/mol. The number of rotatable bonds is 4. The predicted octanol–water partition coefficient (Wildman–Crippen LogP) is 3.52. The summed E-state index contributed by atoms with van der Waals surface area (Å²) in [5, 5.41) is 0. The topological polar surface area (TPSA) is 42.3 Å². The van der Waals surface area contributed by atoms with E-state index in [1.165, 1.54) is 6.42 Å². The van der Waals surface area contributed by atoms with Gasteiger partial charge in [-0.05, 0) is 31.7 Å². The molecule has 4 nitrogen and oxygen atoms in total. The molecule has 0 atom stereocenters. The number of hydrogen-bond donors (Lipinski definition) is 0. The van der Waals surface area contributed by atoms with Gasteiger partial charge in [0.15, 0.2) is 0 Å². The van der Waals surface area contributed by atoms with E-state index >= 15 is 0 Å². The van der Waals surface area contributed by atoms with Gasteiger partial charge in [0.05, 0.1) is 5.88 Å². The second-order valence-electron chi connectivity index (χ2n) is 6.11. The molecule has 6 heteroatoms. The first-order valence-electron chi connectivity index (χ1n) is 7.90. The Kier molecular flexibility index (Phi) is 4.62. The van der Waals surface area contributed by atoms with Crippen molar-refractivity contribution in [2.24, 2.45) is 0 Å². The number of alkyl halides is 1. The van der Waals surface area contributed by atoms with Gasteiger partial charge in [0.25, 0.3) is 0 Å². The van der Waals surface area contributed by atoms with Crippen molar-refractivity contribution in [2.45, 2.75) is 61.8 Å². The van der Waals surface area contributed by atoms with Crippen LogP contribution < -0.4 is 0 Å². The van der Waals surface area contributed by atoms with Gasteiger partial charge in [-0.3, -0.25) is 0 Å². The highest BCUT2D eigenvalue weighted by atomic mass is 35.5. The van der Waals surface area contributed by atoms with Crippen molar-refractivity contribution in [3.63, 3.8) is 0 Å². The Bertz CT molecular complexity index is 585. The van der Waals surface area contributed by atoms with Crippen LogP contribution in [0.5, 0.6) is 0 Å². The van der Waals surface area contributed by atoms with E-state index in [4.69, 9.17) is 11.6 Å². The molecule has 0 spiro atoms. The Morgan fingerprint density at radius 1 is 1.10 bits per heavy atom. The van der Waals surface area contributed by atoms with Crippen molar-refractivity contribution in [1.29, 1.82) is 0 Å². The molecule has 0 aromatic carbocycles. The predicted molar refractivity (Wildman–Crippen MR) is 84.1 cm³/mol. The molecule has 3 rings (SSSR count). The maximum Gasteiger partial charge on any atom is 0.244 e. The molecule has 0 amide bonds. The molecular formula is C15H23ClN2O2S. The fraction of sp³-hybridized carbons (Fsp3) is 0.733. The number of hydrogen-bond acceptors (Lipinski definition) is 2. The quantitative estimate of drug-likeness (QED) is 0.793. The minimum atomic E-state index is -3.37. The van der Waals surface area contributed by atoms with Gasteiger partial charge in [-0.1, -0.05) is 19.3 Å². The summed E-state index contributed by atoms with van der Waals surface area (Å²) in [4.78, 5) is 0.422. The van der Waals surface area contributed by atoms with Gasteiger partial charge in [0.1, 0.15) is 4.90 Å². The Balaban J connectivity index is 1.86. The minimum Gasteiger partial charge on any atom is -0.346 e. The van der Waals surface area contributed by atoms with Gasteiger partial charge in [-0.25, -0.2) is 8.42 Å². The SMILES string of the molecule is O=S(=O)(c1cc(CCl)n(C2CC2)c1)N1CCCCCCC1. The lowest BCUT2D eigenvalue weighted by atomic mass is 10.1. The largest absolute Gasteiger partial charge is 0.346 e. The summed E-state index contributed by atoms with van der Waals surface area (Å²) in [6, 6.07) is 2.22. The highest BCUT2D eigenvalue weighted by Gasteiger charge is 2.30. The first-order valence-corrected chi connectivity index (χ1v) is 9.87. The molecule has 1 aromatic heterocycles. The number of sulfonamides is 1. The van der Waals surface area contributed by atoms with E-state index in [0.717, 1.165) is 44.2 Å². The van der Waals surface area contributed by atoms with Crippen LogP contribution in [0.1, 0.15) is 56.7 Å². The van der Waals surface area contributed by atoms with Gasteiger partial charge >= 0.3 is 0 Å². The zero-order chi connectivity index (χ0) is 14.9. The van der Waals surface area contributed by atoms with Crippen LogP contribution in [0.4, 0.5) is 0 Å². The molecule has 1 saturated heterocycles. The molecule has 0 bridgehead atoms. The van der Waals surface area contributed by atoms with E-state index in [2.05, 4.69) is 4.57 Å². The number of halogens is 1. The molecule has 118 valence electrons. The van der Waals surface area contributed by atoms with Crippen molar-refractivity contribution < 1.29 is 8.42 Å². The average Bonchev–Trinajstić information content (AvgIpc) is 3.16. The Morgan fingerprint density at radius 2 is 1.71 bits per heavy atom. The van der Waals surface area contributed by atoms with Crippen molar-refractivity contribution >= 4 is 21.6 Å². The third-order valence-electron chi connectivity index (χ3n) is 4.44. The summed E-state index contributed by atoms with van der Waals surface area (Å²) in [6.07, 6.45) is 9.45. The smallest absolute Gasteiger partial charge is 0.244 e. The van der Waals surface area contributed by atoms with E-state index in [0.29, 0.717) is 29.9 Å². The van der Waals surface area contributed by atoms with E-state index in [9.17, 15) is 8.42 Å². The molecule has 2 aliphatic rings. The van der Waals surface area contributed by atoms with Crippen LogP contribution in [-0.4, -0.2) is 30.4 Å². The molecule has 1 aliphatic heterocycles. The average molecular weight is 331 g/mol. The Labute approximate surface area is 132 Å². The van der Waals surface area contributed by atoms with Crippen molar-refractivity contribution in [2.75, 3.05) is 13.1 Å². The van der Waals surface area contributed by atoms with Crippen LogP contribution in [0.2, 0.25) is 0 Å². The monoisotopic (exact) mass is 330 g/mol. The van der Waals surface area contributed by atoms with Crippen molar-refractivity contribution in [3.05, 3.63) is 18.0 Å². The first kappa shape index (κ1) is 15.4. The summed E-state index contributed by atoms with van der Waals surface area (Å²) in [5.74, 6) is 0.367. The van der Waals surface area contributed by atoms with Gasteiger partial charge in [0, 0.05) is 31.0 Å². The molecule has 1 aliphatic carbocycles. The van der Waals surface area contributed by atoms with Crippen LogP contribution in [0.3, 0.4) is 0 Å². The molecule has 0 N–H and O–H groups in total. The first-order chi connectivity index (χ1) is 10.1. The highest BCUT2D eigenvalue weighted by molar-refractivity contribution is 7.89. The molecule has 2 heterocycles. The van der Waals surface area contributed by atoms with Crippen molar-refractivity contribution in [1.82, 2.24) is 8.87 Å². The van der Waals surface area contributed by atoms with E-state index < -0.39 is 10.0 Å². The normalized spacial score (nSPS) is 22.0. The van der Waals surface area contributed by atoms with Crippen LogP contribution in [-0.2, 0) is 15.9 Å². The fourth-order valence-electron chi connectivity index (χ4n) is 3.05. The van der Waals surface area contributed by atoms with E-state index in [1.807, 2.05) is 0 Å². The zero-order valence-corrected chi connectivity index (χ0v) is 13.9. The number of aromatic nitrogens is 1. The lowest BCUT2D eigenvalue weighted by molar-refractivity contribution is 0.364. The van der Waals surface area contributed by atoms with Crippen LogP contribution in [0.25, 0.3) is 0 Å². The summed E-state index contributed by atoms with van der Waals surface area (Å²) in [6.45, 7) is 1.29. The highest BCUT2D eigenvalue weighted by Crippen LogP contribution is 2.38. The third-order valence-corrected chi connectivity index (χ3v) is 6.57. The van der Waals surface area contributed by atoms with Crippen LogP contribution in [0.15, 0.2) is 17.2 Å². The van der Waals surface area contributed by atoms with E-state index in [-0.39, 0.29) is 0 Å². The fourth-order valence-corrected chi connectivity index (χ4v) is 4.83. The molecule has 2 fully saturated rings. The Morgan fingerprint density at radius 3 is 2.29 bits per heavy atom. The zero-order valence-electron chi connectivity index (χ0n) is 12.3. The molecule has 21 heavy (non-hydrogen) atoms. The second kappa shape index (κ2) is 6.31. The lowest BCUT2D eigenvalue weighted by Gasteiger charge is -2.23. The van der Waals surface area contributed by atoms with Gasteiger partial charge in [-0.2, -0.15) is 4.31 Å². The molecule has 0 unspecified atom stereocenters. The van der Waals surface area contributed by atoms with Crippen LogP contribution >= 0.6 is 11.6 Å². The second-order valence-corrected chi connectivity index (χ2v) is 8.32. The number of nitrogens with zero attached hydrogens (tertiary/aromatic N) is 2. The van der Waals surface area contributed by atoms with E-state index in [1.54, 1.807) is 16.6 Å². The summed E-state index contributed by atoms with van der Waals surface area (Å²) in [5.41, 5.74) is 0.921. The molecule has 0 radical (unpaired) electrons. The van der Waals surface area contributed by atoms with Crippen molar-refractivity contribution in [3.8, 4) is 0 Å². The summed E-state index contributed by atoms with van der Waals surface area (Å²) in [7, 11) is -3.37. The maximum absolute atomic E-state index is 12.8. The summed E-state index contributed by atoms with van der Waals surface area (Å²) >= 11 is 5.97. The van der Waals surface area contributed by atoms with Gasteiger partial charge in [0.2, 0.25) is 10.0 Å². The summed E-state index contributed by atoms with van der Waals surface area (Å²) < 4.78 is 29.4. The standard InChI is InChI=1S/C15H23ClN2O2S/c16-11-14-10-15(12-18(14)13-6-7-13)21(19,20)17-8-4-2-1-3-5-9-17/h10,12-13H,1-9,11H2. The third kappa shape index (κ3) is 3.30. The van der Waals surface area contributed by atoms with Gasteiger partial charge in [-0.15, -0.1) is 11.6 Å². The minimum absolute atomic E-state index is 0.367. The lowest BCUT2D eigenvalue weighted by Crippen LogP contribution is -2.33. The molecule has 1 saturated carbocycles. The van der Waals surface area contributed by atoms with Gasteiger partial charge < -0.3 is 4.57 Å². The molecule has 1 aromatic rings. The Hall–Kier alpha value is -0.520. The van der Waals surface area contributed by atoms with Crippen LogP contribution in [0, 0.1) is 0 Å². The maximum atomic E-state index is 12.8.